The summed E-state index contributed by atoms with van der Waals surface area (Å²) in [6.45, 7) is 0.0407. The molecule has 1 aliphatic carbocycles. The zero-order chi connectivity index (χ0) is 16.8. The molecule has 0 unspecified atom stereocenters. The molecule has 2 N–H and O–H groups in total. The van der Waals surface area contributed by atoms with E-state index < -0.39 is 11.8 Å². The van der Waals surface area contributed by atoms with Gasteiger partial charge in [-0.05, 0) is 30.5 Å². The number of benzene rings is 1. The maximum atomic E-state index is 11.5. The molecule has 2 rings (SSSR count). The van der Waals surface area contributed by atoms with Gasteiger partial charge in [0.1, 0.15) is 6.61 Å². The predicted molar refractivity (Wildman–Crippen MR) is 87.7 cm³/mol. The second-order valence-corrected chi connectivity index (χ2v) is 5.57. The van der Waals surface area contributed by atoms with Crippen molar-refractivity contribution in [3.05, 3.63) is 27.7 Å². The minimum absolute atomic E-state index is 0.0407. The number of hydrogen-bond acceptors (Lipinski definition) is 4. The molecular formula is C15H13Cl2N3O3. The number of terminal acetylenes is 1. The lowest BCUT2D eigenvalue weighted by molar-refractivity contribution is -0.139. The first-order valence-electron chi connectivity index (χ1n) is 6.70. The predicted octanol–water partition coefficient (Wildman–Crippen LogP) is 1.73. The average Bonchev–Trinajstić information content (AvgIpc) is 3.30. The Labute approximate surface area is 143 Å². The van der Waals surface area contributed by atoms with Crippen molar-refractivity contribution in [1.82, 2.24) is 10.7 Å². The summed E-state index contributed by atoms with van der Waals surface area (Å²) in [4.78, 5) is 22.9. The number of carbonyl (C=O) groups is 2. The monoisotopic (exact) mass is 353 g/mol. The third kappa shape index (κ3) is 5.16. The van der Waals surface area contributed by atoms with E-state index in [1.807, 2.05) is 0 Å². The average molecular weight is 354 g/mol. The largest absolute Gasteiger partial charge is 0.478 e. The molecule has 1 aromatic carbocycles. The first-order chi connectivity index (χ1) is 11.0. The maximum Gasteiger partial charge on any atom is 0.329 e. The molecule has 1 saturated carbocycles. The van der Waals surface area contributed by atoms with Crippen molar-refractivity contribution >= 4 is 41.2 Å². The molecule has 0 spiro atoms. The van der Waals surface area contributed by atoms with Gasteiger partial charge in [0.15, 0.2) is 5.75 Å². The molecule has 1 aliphatic rings. The second-order valence-electron chi connectivity index (χ2n) is 4.75. The molecule has 0 saturated heterocycles. The minimum atomic E-state index is -0.834. The van der Waals surface area contributed by atoms with Gasteiger partial charge in [0.05, 0.1) is 16.3 Å². The molecule has 1 fully saturated rings. The van der Waals surface area contributed by atoms with E-state index in [0.717, 1.165) is 12.8 Å². The lowest BCUT2D eigenvalue weighted by Crippen LogP contribution is -2.38. The highest BCUT2D eigenvalue weighted by Crippen LogP contribution is 2.33. The topological polar surface area (TPSA) is 79.8 Å². The van der Waals surface area contributed by atoms with E-state index in [2.05, 4.69) is 21.8 Å². The Kier molecular flexibility index (Phi) is 5.85. The lowest BCUT2D eigenvalue weighted by atomic mass is 10.2. The highest BCUT2D eigenvalue weighted by molar-refractivity contribution is 6.37. The van der Waals surface area contributed by atoms with E-state index in [1.54, 1.807) is 12.1 Å². The van der Waals surface area contributed by atoms with Gasteiger partial charge >= 0.3 is 11.8 Å². The lowest BCUT2D eigenvalue weighted by Gasteiger charge is -2.08. The van der Waals surface area contributed by atoms with E-state index in [9.17, 15) is 9.59 Å². The van der Waals surface area contributed by atoms with Crippen molar-refractivity contribution in [2.75, 3.05) is 6.61 Å². The Bertz CT molecular complexity index is 671. The highest BCUT2D eigenvalue weighted by atomic mass is 35.5. The quantitative estimate of drug-likeness (QED) is 0.366. The van der Waals surface area contributed by atoms with Gasteiger partial charge in [0, 0.05) is 6.04 Å². The molecule has 2 amide bonds. The van der Waals surface area contributed by atoms with Gasteiger partial charge in [0.25, 0.3) is 0 Å². The number of halogens is 2. The van der Waals surface area contributed by atoms with Crippen LogP contribution in [0.3, 0.4) is 0 Å². The van der Waals surface area contributed by atoms with Crippen LogP contribution in [0, 0.1) is 12.3 Å². The summed E-state index contributed by atoms with van der Waals surface area (Å²) < 4.78 is 5.22. The Balaban J connectivity index is 1.95. The van der Waals surface area contributed by atoms with Crippen molar-refractivity contribution in [3.63, 3.8) is 0 Å². The number of hydrogen-bond donors (Lipinski definition) is 2. The van der Waals surface area contributed by atoms with Crippen molar-refractivity contribution in [3.8, 4) is 18.1 Å². The van der Waals surface area contributed by atoms with Gasteiger partial charge < -0.3 is 10.1 Å². The van der Waals surface area contributed by atoms with Crippen LogP contribution < -0.4 is 15.5 Å². The second kappa shape index (κ2) is 7.86. The SMILES string of the molecule is C#CCOc1c(Cl)cc(/C=N\NC(=O)C(=O)NC2CC2)cc1Cl. The number of ether oxygens (including phenoxy) is 1. The molecule has 120 valence electrons. The van der Waals surface area contributed by atoms with Crippen LogP contribution in [0.15, 0.2) is 17.2 Å². The molecule has 0 radical (unpaired) electrons. The molecule has 0 aromatic heterocycles. The fourth-order valence-corrected chi connectivity index (χ4v) is 2.21. The molecule has 1 aromatic rings. The fourth-order valence-electron chi connectivity index (χ4n) is 1.60. The summed E-state index contributed by atoms with van der Waals surface area (Å²) in [5, 5.41) is 6.75. The van der Waals surface area contributed by atoms with Crippen molar-refractivity contribution in [2.45, 2.75) is 18.9 Å². The van der Waals surface area contributed by atoms with E-state index in [-0.39, 0.29) is 28.4 Å². The first kappa shape index (κ1) is 17.1. The number of rotatable bonds is 5. The van der Waals surface area contributed by atoms with Gasteiger partial charge in [0.2, 0.25) is 0 Å². The smallest absolute Gasteiger partial charge is 0.329 e. The molecule has 0 atom stereocenters. The van der Waals surface area contributed by atoms with Gasteiger partial charge in [-0.3, -0.25) is 9.59 Å². The number of amides is 2. The Morgan fingerprint density at radius 2 is 2.00 bits per heavy atom. The Morgan fingerprint density at radius 1 is 1.35 bits per heavy atom. The summed E-state index contributed by atoms with van der Waals surface area (Å²) in [5.41, 5.74) is 2.65. The van der Waals surface area contributed by atoms with Crippen LogP contribution in [0.5, 0.6) is 5.75 Å². The van der Waals surface area contributed by atoms with E-state index in [1.165, 1.54) is 6.21 Å². The van der Waals surface area contributed by atoms with E-state index in [4.69, 9.17) is 34.4 Å². The normalized spacial score (nSPS) is 13.4. The van der Waals surface area contributed by atoms with Crippen LogP contribution in [-0.4, -0.2) is 30.7 Å². The summed E-state index contributed by atoms with van der Waals surface area (Å²) in [5.74, 6) is 1.04. The van der Waals surface area contributed by atoms with Gasteiger partial charge in [-0.25, -0.2) is 5.43 Å². The maximum absolute atomic E-state index is 11.5. The van der Waals surface area contributed by atoms with Crippen molar-refractivity contribution in [2.24, 2.45) is 5.10 Å². The molecule has 8 heteroatoms. The standard InChI is InChI=1S/C15H13Cl2N3O3/c1-2-5-23-13-11(16)6-9(7-12(13)17)8-18-20-15(22)14(21)19-10-3-4-10/h1,6-8,10H,3-5H2,(H,19,21)(H,20,22)/b18-8-. The summed E-state index contributed by atoms with van der Waals surface area (Å²) in [6, 6.07) is 3.18. The Morgan fingerprint density at radius 3 is 2.57 bits per heavy atom. The van der Waals surface area contributed by atoms with Crippen LogP contribution in [0.1, 0.15) is 18.4 Å². The molecule has 6 nitrogen and oxygen atoms in total. The van der Waals surface area contributed by atoms with E-state index in [0.29, 0.717) is 5.56 Å². The van der Waals surface area contributed by atoms with Crippen LogP contribution in [0.4, 0.5) is 0 Å². The van der Waals surface area contributed by atoms with Crippen LogP contribution >= 0.6 is 23.2 Å². The van der Waals surface area contributed by atoms with E-state index >= 15 is 0 Å². The molecule has 0 heterocycles. The van der Waals surface area contributed by atoms with Crippen LogP contribution in [-0.2, 0) is 9.59 Å². The summed E-state index contributed by atoms with van der Waals surface area (Å²) in [6.07, 6.45) is 8.21. The summed E-state index contributed by atoms with van der Waals surface area (Å²) >= 11 is 12.1. The minimum Gasteiger partial charge on any atom is -0.478 e. The number of nitrogens with zero attached hydrogens (tertiary/aromatic N) is 1. The number of hydrazone groups is 1. The third-order valence-electron chi connectivity index (χ3n) is 2.82. The van der Waals surface area contributed by atoms with Crippen molar-refractivity contribution < 1.29 is 14.3 Å². The molecular weight excluding hydrogens is 341 g/mol. The van der Waals surface area contributed by atoms with Crippen molar-refractivity contribution in [1.29, 1.82) is 0 Å². The van der Waals surface area contributed by atoms with Gasteiger partial charge in [-0.15, -0.1) is 6.42 Å². The summed E-state index contributed by atoms with van der Waals surface area (Å²) in [7, 11) is 0. The zero-order valence-corrected chi connectivity index (χ0v) is 13.4. The van der Waals surface area contributed by atoms with Gasteiger partial charge in [-0.1, -0.05) is 29.1 Å². The van der Waals surface area contributed by atoms with Crippen LogP contribution in [0.25, 0.3) is 0 Å². The Hall–Kier alpha value is -2.23. The van der Waals surface area contributed by atoms with Crippen LogP contribution in [0.2, 0.25) is 10.0 Å². The fraction of sp³-hybridized carbons (Fsp3) is 0.267. The number of nitrogens with one attached hydrogen (secondary N) is 2. The molecule has 0 bridgehead atoms. The zero-order valence-electron chi connectivity index (χ0n) is 11.9. The third-order valence-corrected chi connectivity index (χ3v) is 3.38. The first-order valence-corrected chi connectivity index (χ1v) is 7.46. The molecule has 0 aliphatic heterocycles. The number of carbonyl (C=O) groups excluding carboxylic acids is 2. The van der Waals surface area contributed by atoms with Gasteiger partial charge in [-0.2, -0.15) is 5.10 Å². The highest BCUT2D eigenvalue weighted by Gasteiger charge is 2.26. The molecule has 23 heavy (non-hydrogen) atoms.